The number of benzene rings is 1. The molecule has 1 atom stereocenters. The fraction of sp³-hybridized carbons (Fsp3) is 0.294. The first-order valence-electron chi connectivity index (χ1n) is 7.57. The molecule has 2 N–H and O–H groups in total. The van der Waals surface area contributed by atoms with Gasteiger partial charge in [0.2, 0.25) is 5.88 Å². The van der Waals surface area contributed by atoms with Gasteiger partial charge < -0.3 is 15.4 Å². The summed E-state index contributed by atoms with van der Waals surface area (Å²) in [6.45, 7) is 1.36. The van der Waals surface area contributed by atoms with Gasteiger partial charge in [-0.05, 0) is 47.0 Å². The smallest absolute Gasteiger partial charge is 0.255 e. The van der Waals surface area contributed by atoms with Crippen LogP contribution in [0.1, 0.15) is 23.2 Å². The number of nitrogens with two attached hydrogens (primary N) is 1. The van der Waals surface area contributed by atoms with E-state index in [2.05, 4.69) is 20.9 Å². The molecule has 1 aromatic heterocycles. The summed E-state index contributed by atoms with van der Waals surface area (Å²) < 4.78 is 6.55. The number of piperidine rings is 1. The number of nitrogens with zero attached hydrogens (tertiary/aromatic N) is 2. The van der Waals surface area contributed by atoms with Crippen LogP contribution in [0.15, 0.2) is 47.1 Å². The monoisotopic (exact) mass is 375 g/mol. The molecule has 1 aromatic carbocycles. The second kappa shape index (κ2) is 7.10. The third-order valence-electron chi connectivity index (χ3n) is 3.78. The van der Waals surface area contributed by atoms with Gasteiger partial charge in [-0.15, -0.1) is 0 Å². The van der Waals surface area contributed by atoms with Gasteiger partial charge in [0.1, 0.15) is 5.75 Å². The zero-order valence-electron chi connectivity index (χ0n) is 12.6. The van der Waals surface area contributed by atoms with Crippen LogP contribution in [0.3, 0.4) is 0 Å². The van der Waals surface area contributed by atoms with Crippen LogP contribution in [0.5, 0.6) is 11.6 Å². The van der Waals surface area contributed by atoms with Gasteiger partial charge in [-0.2, -0.15) is 0 Å². The summed E-state index contributed by atoms with van der Waals surface area (Å²) in [5.74, 6) is 1.10. The molecule has 23 heavy (non-hydrogen) atoms. The summed E-state index contributed by atoms with van der Waals surface area (Å²) >= 11 is 3.42. The highest BCUT2D eigenvalue weighted by Crippen LogP contribution is 2.28. The predicted molar refractivity (Wildman–Crippen MR) is 91.6 cm³/mol. The molecule has 0 spiro atoms. The Hall–Kier alpha value is -1.92. The van der Waals surface area contributed by atoms with Crippen LogP contribution >= 0.6 is 15.9 Å². The number of amides is 1. The van der Waals surface area contributed by atoms with Crippen LogP contribution in [0, 0.1) is 0 Å². The lowest BCUT2D eigenvalue weighted by molar-refractivity contribution is 0.0708. The summed E-state index contributed by atoms with van der Waals surface area (Å²) in [6, 6.07) is 11.1. The number of carbonyl (C=O) groups is 1. The normalized spacial score (nSPS) is 17.8. The number of rotatable bonds is 3. The number of halogens is 1. The fourth-order valence-corrected chi connectivity index (χ4v) is 2.95. The molecular formula is C17H18BrN3O2. The first-order chi connectivity index (χ1) is 11.1. The van der Waals surface area contributed by atoms with E-state index in [0.717, 1.165) is 23.9 Å². The van der Waals surface area contributed by atoms with Crippen molar-refractivity contribution < 1.29 is 9.53 Å². The van der Waals surface area contributed by atoms with Crippen molar-refractivity contribution in [3.05, 3.63) is 52.6 Å². The SMILES string of the molecule is N[C@@H]1CCCN(C(=O)c2ccc(Oc3ccccc3Br)nc2)C1. The summed E-state index contributed by atoms with van der Waals surface area (Å²) in [7, 11) is 0. The highest BCUT2D eigenvalue weighted by molar-refractivity contribution is 9.10. The Morgan fingerprint density at radius 3 is 2.83 bits per heavy atom. The summed E-state index contributed by atoms with van der Waals surface area (Å²) in [5.41, 5.74) is 6.49. The van der Waals surface area contributed by atoms with E-state index in [1.54, 1.807) is 23.2 Å². The highest BCUT2D eigenvalue weighted by Gasteiger charge is 2.22. The molecule has 2 aromatic rings. The minimum Gasteiger partial charge on any atom is -0.438 e. The van der Waals surface area contributed by atoms with Gasteiger partial charge in [-0.3, -0.25) is 4.79 Å². The average Bonchev–Trinajstić information content (AvgIpc) is 2.57. The molecular weight excluding hydrogens is 358 g/mol. The van der Waals surface area contributed by atoms with Crippen molar-refractivity contribution in [3.8, 4) is 11.6 Å². The van der Waals surface area contributed by atoms with E-state index < -0.39 is 0 Å². The van der Waals surface area contributed by atoms with E-state index in [0.29, 0.717) is 23.7 Å². The molecule has 6 heteroatoms. The average molecular weight is 376 g/mol. The first-order valence-corrected chi connectivity index (χ1v) is 8.36. The standard InChI is InChI=1S/C17H18BrN3O2/c18-14-5-1-2-6-15(14)23-16-8-7-12(10-20-16)17(22)21-9-3-4-13(19)11-21/h1-2,5-8,10,13H,3-4,9,11,19H2/t13-/m1/s1. The molecule has 1 aliphatic rings. The van der Waals surface area contributed by atoms with Crippen molar-refractivity contribution in [2.45, 2.75) is 18.9 Å². The minimum atomic E-state index is -0.0277. The molecule has 2 heterocycles. The Morgan fingerprint density at radius 1 is 1.30 bits per heavy atom. The largest absolute Gasteiger partial charge is 0.438 e. The van der Waals surface area contributed by atoms with E-state index in [4.69, 9.17) is 10.5 Å². The maximum absolute atomic E-state index is 12.5. The Labute approximate surface area is 143 Å². The molecule has 1 fully saturated rings. The van der Waals surface area contributed by atoms with Gasteiger partial charge in [0.25, 0.3) is 5.91 Å². The lowest BCUT2D eigenvalue weighted by Gasteiger charge is -2.30. The van der Waals surface area contributed by atoms with E-state index >= 15 is 0 Å². The van der Waals surface area contributed by atoms with Gasteiger partial charge in [-0.25, -0.2) is 4.98 Å². The van der Waals surface area contributed by atoms with E-state index in [1.807, 2.05) is 24.3 Å². The second-order valence-corrected chi connectivity index (χ2v) is 6.43. The Bertz CT molecular complexity index is 690. The molecule has 0 radical (unpaired) electrons. The van der Waals surface area contributed by atoms with Gasteiger partial charge >= 0.3 is 0 Å². The zero-order valence-corrected chi connectivity index (χ0v) is 14.2. The quantitative estimate of drug-likeness (QED) is 0.893. The van der Waals surface area contributed by atoms with Crippen LogP contribution in [0.4, 0.5) is 0 Å². The molecule has 0 unspecified atom stereocenters. The molecule has 1 saturated heterocycles. The number of para-hydroxylation sites is 1. The highest BCUT2D eigenvalue weighted by atomic mass is 79.9. The van der Waals surface area contributed by atoms with Crippen molar-refractivity contribution in [2.75, 3.05) is 13.1 Å². The van der Waals surface area contributed by atoms with Crippen LogP contribution in [-0.2, 0) is 0 Å². The molecule has 0 bridgehead atoms. The number of hydrogen-bond acceptors (Lipinski definition) is 4. The Morgan fingerprint density at radius 2 is 2.13 bits per heavy atom. The van der Waals surface area contributed by atoms with Crippen molar-refractivity contribution in [1.29, 1.82) is 0 Å². The van der Waals surface area contributed by atoms with Crippen LogP contribution in [-0.4, -0.2) is 34.9 Å². The summed E-state index contributed by atoms with van der Waals surface area (Å²) in [6.07, 6.45) is 3.47. The predicted octanol–water partition coefficient (Wildman–Crippen LogP) is 3.20. The zero-order chi connectivity index (χ0) is 16.2. The number of carbonyl (C=O) groups excluding carboxylic acids is 1. The molecule has 1 amide bonds. The number of likely N-dealkylation sites (tertiary alicyclic amines) is 1. The third kappa shape index (κ3) is 3.89. The van der Waals surface area contributed by atoms with Gasteiger partial charge in [0.05, 0.1) is 10.0 Å². The maximum Gasteiger partial charge on any atom is 0.255 e. The second-order valence-electron chi connectivity index (χ2n) is 5.57. The lowest BCUT2D eigenvalue weighted by atomic mass is 10.1. The van der Waals surface area contributed by atoms with Crippen LogP contribution < -0.4 is 10.5 Å². The van der Waals surface area contributed by atoms with Crippen molar-refractivity contribution >= 4 is 21.8 Å². The number of pyridine rings is 1. The minimum absolute atomic E-state index is 0.0277. The Balaban J connectivity index is 1.69. The molecule has 3 rings (SSSR count). The fourth-order valence-electron chi connectivity index (χ4n) is 2.58. The van der Waals surface area contributed by atoms with Crippen molar-refractivity contribution in [2.24, 2.45) is 5.73 Å². The van der Waals surface area contributed by atoms with E-state index in [-0.39, 0.29) is 11.9 Å². The lowest BCUT2D eigenvalue weighted by Crippen LogP contribution is -2.45. The van der Waals surface area contributed by atoms with E-state index in [1.165, 1.54) is 0 Å². The first kappa shape index (κ1) is 16.0. The molecule has 1 aliphatic heterocycles. The molecule has 120 valence electrons. The van der Waals surface area contributed by atoms with Crippen molar-refractivity contribution in [1.82, 2.24) is 9.88 Å². The van der Waals surface area contributed by atoms with Crippen LogP contribution in [0.2, 0.25) is 0 Å². The summed E-state index contributed by atoms with van der Waals surface area (Å²) in [4.78, 5) is 18.5. The topological polar surface area (TPSA) is 68.5 Å². The molecule has 5 nitrogen and oxygen atoms in total. The maximum atomic E-state index is 12.5. The Kier molecular flexibility index (Phi) is 4.93. The van der Waals surface area contributed by atoms with Gasteiger partial charge in [-0.1, -0.05) is 12.1 Å². The molecule has 0 aliphatic carbocycles. The van der Waals surface area contributed by atoms with Gasteiger partial charge in [0, 0.05) is 31.4 Å². The van der Waals surface area contributed by atoms with Gasteiger partial charge in [0.15, 0.2) is 0 Å². The van der Waals surface area contributed by atoms with Crippen molar-refractivity contribution in [3.63, 3.8) is 0 Å². The number of ether oxygens (including phenoxy) is 1. The van der Waals surface area contributed by atoms with E-state index in [9.17, 15) is 4.79 Å². The number of hydrogen-bond donors (Lipinski definition) is 1. The molecule has 0 saturated carbocycles. The number of aromatic nitrogens is 1. The third-order valence-corrected chi connectivity index (χ3v) is 4.43. The summed E-state index contributed by atoms with van der Waals surface area (Å²) in [5, 5.41) is 0. The van der Waals surface area contributed by atoms with Crippen LogP contribution in [0.25, 0.3) is 0 Å².